The monoisotopic (exact) mass is 1820 g/mol. The molecule has 21 nitrogen and oxygen atoms in total. The molecule has 1 fully saturated rings. The normalized spacial score (nSPS) is 14.4. The van der Waals surface area contributed by atoms with Gasteiger partial charge in [0.15, 0.2) is 0 Å². The average Bonchev–Trinajstić information content (AvgIpc) is 0.751. The first kappa shape index (κ1) is 95.4. The van der Waals surface area contributed by atoms with Crippen LogP contribution in [-0.2, 0) is 68.0 Å². The molecule has 6 amide bonds. The third kappa shape index (κ3) is 21.6. The minimum Gasteiger partial charge on any atom is -0.369 e. The average molecular weight is 1820 g/mol. The molecule has 132 heavy (non-hydrogen) atoms. The van der Waals surface area contributed by atoms with E-state index in [2.05, 4.69) is 117 Å². The first-order valence-corrected chi connectivity index (χ1v) is 42.2. The number of aromatic nitrogens is 4. The standard InChI is InChI=1S/C21H22N4O.C21H23N3O2.C19H16F6N2O2.C19H14F6N2O2.C19H20N2O/c1-14-11-19(24-23-14)16-6-4-15(5-7-16)13-25-10-2-3-17-12-18(21(22)26)8-9-20(17)25;22-21(26)17-7-9-19-16(12-17)2-1-11-24(19)13-14-3-5-15(6-4-14)18-8-10-20(25)23-18;2*20-18(21,22)17(29,19(23,24)25)14-4-1-11(2-5-14)10-27-8-7-12-9-13(16(26)28)3-6-15(12)27;1-13(2)15-5-3-14(4-6-15)12-21-10-9-16-11-17(19(20)22)7-8-18(16)21/h4-9,11-12H,2-3,10,13H2,1H3,(H2,22,26)(H,23,24);3-7,9,12,18H,1-2,8,10-11,13H2,(H2,22,26)(H,23,25);1-6,9,29H,7-8,10H2,(H2,26,28);1-9,29H,10H2,(H2,26,28);3-11,13H,12H2,1-2H3,(H2,20,22). The maximum atomic E-state index is 13.0. The molecule has 14 N–H and O–H groups in total. The number of anilines is 3. The van der Waals surface area contributed by atoms with E-state index in [1.807, 2.05) is 78.7 Å². The molecule has 17 rings (SSSR count). The van der Waals surface area contributed by atoms with Crippen molar-refractivity contribution >= 4 is 74.3 Å². The van der Waals surface area contributed by atoms with Gasteiger partial charge in [-0.15, -0.1) is 0 Å². The molecule has 1 atom stereocenters. The van der Waals surface area contributed by atoms with E-state index in [4.69, 9.17) is 28.7 Å². The van der Waals surface area contributed by atoms with Crippen LogP contribution in [0, 0.1) is 6.92 Å². The van der Waals surface area contributed by atoms with E-state index < -0.39 is 58.8 Å². The second-order valence-electron chi connectivity index (χ2n) is 33.2. The lowest BCUT2D eigenvalue weighted by molar-refractivity contribution is -0.376. The molecule has 688 valence electrons. The molecule has 1 unspecified atom stereocenters. The van der Waals surface area contributed by atoms with E-state index in [-0.39, 0.29) is 42.8 Å². The fourth-order valence-corrected chi connectivity index (χ4v) is 16.6. The van der Waals surface area contributed by atoms with Crippen molar-refractivity contribution in [2.75, 3.05) is 34.3 Å². The Balaban J connectivity index is 0.000000141. The SMILES string of the molecule is CC(C)c1ccc(Cn2ccc3cc(C(N)=O)ccc32)cc1.Cc1cc(-c2ccc(CN3CCCc4cc(C(N)=O)ccc43)cc2)n[nH]1.NC(=O)c1ccc2c(c1)CCCN2Cc1ccc(C2CCC(=O)N2)cc1.NC(=O)c1ccc2c(c1)CCN2Cc1ccc(C(O)(C(F)(F)F)C(F)(F)F)cc1.NC(=O)c1ccc2c(ccn2Cc2ccc(C(O)(C(F)(F)F)C(F)(F)F)cc2)c1. The van der Waals surface area contributed by atoms with Crippen LogP contribution in [0.3, 0.4) is 0 Å². The molecular weight excluding hydrogens is 1730 g/mol. The number of aliphatic hydroxyl groups is 2. The van der Waals surface area contributed by atoms with Crippen molar-refractivity contribution in [2.24, 2.45) is 28.7 Å². The van der Waals surface area contributed by atoms with Gasteiger partial charge in [0.25, 0.3) is 11.2 Å². The zero-order valence-electron chi connectivity index (χ0n) is 71.8. The van der Waals surface area contributed by atoms with Crippen molar-refractivity contribution in [3.8, 4) is 11.3 Å². The Morgan fingerprint density at radius 2 is 0.750 bits per heavy atom. The molecule has 3 aromatic heterocycles. The van der Waals surface area contributed by atoms with Crippen molar-refractivity contribution in [3.63, 3.8) is 0 Å². The van der Waals surface area contributed by atoms with E-state index in [0.717, 1.165) is 128 Å². The maximum Gasteiger partial charge on any atom is 0.430 e. The number of fused-ring (bicyclic) bond motifs is 5. The molecule has 0 spiro atoms. The summed E-state index contributed by atoms with van der Waals surface area (Å²) in [5, 5.41) is 30.9. The number of amides is 6. The highest BCUT2D eigenvalue weighted by atomic mass is 19.4. The van der Waals surface area contributed by atoms with Gasteiger partial charge in [0.1, 0.15) is 0 Å². The lowest BCUT2D eigenvalue weighted by Crippen LogP contribution is -2.53. The number of benzene rings is 10. The number of carbonyl (C=O) groups excluding carboxylic acids is 6. The molecule has 33 heteroatoms. The molecule has 0 aliphatic carbocycles. The molecule has 4 aliphatic heterocycles. The highest BCUT2D eigenvalue weighted by Gasteiger charge is 2.72. The molecule has 7 heterocycles. The first-order chi connectivity index (χ1) is 62.4. The van der Waals surface area contributed by atoms with Gasteiger partial charge in [0.2, 0.25) is 35.4 Å². The van der Waals surface area contributed by atoms with Crippen LogP contribution in [0.5, 0.6) is 0 Å². The van der Waals surface area contributed by atoms with E-state index in [0.29, 0.717) is 99.4 Å². The summed E-state index contributed by atoms with van der Waals surface area (Å²) < 4.78 is 159. The largest absolute Gasteiger partial charge is 0.430 e. The van der Waals surface area contributed by atoms with Crippen molar-refractivity contribution in [3.05, 3.63) is 343 Å². The van der Waals surface area contributed by atoms with Crippen LogP contribution in [0.15, 0.2) is 243 Å². The van der Waals surface area contributed by atoms with E-state index in [9.17, 15) is 91.7 Å². The van der Waals surface area contributed by atoms with Gasteiger partial charge in [0, 0.05) is 160 Å². The molecule has 1 saturated heterocycles. The Hall–Kier alpha value is -14.2. The van der Waals surface area contributed by atoms with Crippen LogP contribution in [-0.4, -0.2) is 109 Å². The van der Waals surface area contributed by atoms with Crippen molar-refractivity contribution < 1.29 is 91.7 Å². The number of alkyl halides is 12. The van der Waals surface area contributed by atoms with Gasteiger partial charge in [-0.1, -0.05) is 135 Å². The van der Waals surface area contributed by atoms with Crippen molar-refractivity contribution in [1.82, 2.24) is 24.6 Å². The maximum absolute atomic E-state index is 13.0. The number of hydrogen-bond donors (Lipinski definition) is 9. The zero-order valence-corrected chi connectivity index (χ0v) is 71.8. The summed E-state index contributed by atoms with van der Waals surface area (Å²) in [5.41, 5.74) is 35.0. The van der Waals surface area contributed by atoms with E-state index >= 15 is 0 Å². The third-order valence-corrected chi connectivity index (χ3v) is 23.8. The molecule has 0 radical (unpaired) electrons. The van der Waals surface area contributed by atoms with Crippen LogP contribution in [0.4, 0.5) is 69.7 Å². The number of halogens is 12. The van der Waals surface area contributed by atoms with Crippen LogP contribution in [0.25, 0.3) is 33.1 Å². The number of nitrogens with zero attached hydrogens (tertiary/aromatic N) is 6. The van der Waals surface area contributed by atoms with Gasteiger partial charge in [0.05, 0.1) is 11.7 Å². The molecule has 4 aliphatic rings. The number of aromatic amines is 1. The Labute approximate surface area is 750 Å². The molecule has 13 aromatic rings. The number of aryl methyl sites for hydroxylation is 3. The smallest absolute Gasteiger partial charge is 0.369 e. The van der Waals surface area contributed by atoms with Crippen LogP contribution < -0.4 is 48.7 Å². The van der Waals surface area contributed by atoms with Gasteiger partial charge in [-0.05, 0) is 216 Å². The van der Waals surface area contributed by atoms with Crippen LogP contribution in [0.2, 0.25) is 0 Å². The highest BCUT2D eigenvalue weighted by Crippen LogP contribution is 2.52. The Morgan fingerprint density at radius 3 is 1.10 bits per heavy atom. The minimum absolute atomic E-state index is 0.138. The summed E-state index contributed by atoms with van der Waals surface area (Å²) in [7, 11) is 0. The number of nitrogens with two attached hydrogens (primary N) is 5. The Bertz CT molecular complexity index is 6340. The number of rotatable bonds is 20. The third-order valence-electron chi connectivity index (χ3n) is 23.8. The second-order valence-corrected chi connectivity index (χ2v) is 33.2. The summed E-state index contributed by atoms with van der Waals surface area (Å²) in [4.78, 5) is 74.6. The fraction of sp³-hybridized carbons (Fsp3) is 0.263. The van der Waals surface area contributed by atoms with Gasteiger partial charge >= 0.3 is 24.7 Å². The summed E-state index contributed by atoms with van der Waals surface area (Å²) in [6, 6.07) is 65.3. The highest BCUT2D eigenvalue weighted by molar-refractivity contribution is 5.99. The topological polar surface area (TPSA) is 333 Å². The van der Waals surface area contributed by atoms with Crippen LogP contribution in [0.1, 0.15) is 176 Å². The molecule has 0 bridgehead atoms. The van der Waals surface area contributed by atoms with Gasteiger partial charge < -0.3 is 68.0 Å². The predicted octanol–water partition coefficient (Wildman–Crippen LogP) is 17.8. The minimum atomic E-state index is -5.93. The summed E-state index contributed by atoms with van der Waals surface area (Å²) in [6.45, 7) is 11.9. The molecule has 10 aromatic carbocycles. The number of primary amides is 5. The van der Waals surface area contributed by atoms with Gasteiger partial charge in [-0.2, -0.15) is 57.8 Å². The Kier molecular flexibility index (Phi) is 28.3. The van der Waals surface area contributed by atoms with Gasteiger partial charge in [-0.3, -0.25) is 33.9 Å². The number of nitrogens with one attached hydrogen (secondary N) is 2. The first-order valence-electron chi connectivity index (χ1n) is 42.2. The number of H-pyrrole nitrogens is 1. The van der Waals surface area contributed by atoms with Gasteiger partial charge in [-0.25, -0.2) is 0 Å². The zero-order chi connectivity index (χ0) is 95.1. The summed E-state index contributed by atoms with van der Waals surface area (Å²) in [5.74, 6) is -1.61. The van der Waals surface area contributed by atoms with E-state index in [1.54, 1.807) is 53.2 Å². The molecule has 0 saturated carbocycles. The lowest BCUT2D eigenvalue weighted by atomic mass is 9.91. The summed E-state index contributed by atoms with van der Waals surface area (Å²) in [6.07, 6.45) is -13.8. The van der Waals surface area contributed by atoms with E-state index in [1.165, 1.54) is 56.4 Å². The van der Waals surface area contributed by atoms with Crippen molar-refractivity contribution in [2.45, 2.75) is 146 Å². The van der Waals surface area contributed by atoms with Crippen molar-refractivity contribution in [1.29, 1.82) is 0 Å². The Morgan fingerprint density at radius 1 is 0.409 bits per heavy atom. The molecular formula is C99H95F12N13O8. The number of carbonyl (C=O) groups is 6. The predicted molar refractivity (Wildman–Crippen MR) is 478 cm³/mol. The quantitative estimate of drug-likeness (QED) is 0.0322. The second kappa shape index (κ2) is 39.2. The fourth-order valence-electron chi connectivity index (χ4n) is 16.6. The summed E-state index contributed by atoms with van der Waals surface area (Å²) >= 11 is 0. The lowest BCUT2D eigenvalue weighted by Gasteiger charge is -2.32. The number of hydrogen-bond acceptors (Lipinski definition) is 12. The van der Waals surface area contributed by atoms with Crippen LogP contribution >= 0.6 is 0 Å².